The molecule has 0 amide bonds. The third-order valence-corrected chi connectivity index (χ3v) is 2.83. The van der Waals surface area contributed by atoms with E-state index in [1.54, 1.807) is 0 Å². The van der Waals surface area contributed by atoms with Gasteiger partial charge in [-0.05, 0) is 116 Å². The van der Waals surface area contributed by atoms with Crippen LogP contribution in [-0.2, 0) is 46.1 Å². The molecular weight excluding hydrogens is 455 g/mol. The summed E-state index contributed by atoms with van der Waals surface area (Å²) in [6, 6.07) is 0. The Labute approximate surface area is 186 Å². The van der Waals surface area contributed by atoms with Gasteiger partial charge in [-0.3, -0.25) is 4.79 Å². The summed E-state index contributed by atoms with van der Waals surface area (Å²) in [7, 11) is 0. The van der Waals surface area contributed by atoms with Crippen molar-refractivity contribution < 1.29 is 46.1 Å². The maximum atomic E-state index is 9.81. The molecule has 0 aliphatic heterocycles. The number of carbonyl (C=O) groups is 2. The second-order valence-electron chi connectivity index (χ2n) is 5.11. The fraction of sp³-hybridized carbons (Fsp3) is 0.273. The number of hydrogen-bond donors (Lipinski definition) is 0. The van der Waals surface area contributed by atoms with Crippen molar-refractivity contribution in [1.29, 1.82) is 0 Å². The van der Waals surface area contributed by atoms with Crippen LogP contribution in [0.25, 0.3) is 0 Å². The largest absolute Gasteiger partial charge is 2.00 e. The monoisotopic (exact) mass is 483 g/mol. The van der Waals surface area contributed by atoms with Crippen LogP contribution >= 0.6 is 0 Å². The van der Waals surface area contributed by atoms with Crippen molar-refractivity contribution in [2.75, 3.05) is 0 Å². The van der Waals surface area contributed by atoms with Crippen molar-refractivity contribution >= 4 is 12.1 Å². The Morgan fingerprint density at radius 1 is 0.769 bits per heavy atom. The van der Waals surface area contributed by atoms with Gasteiger partial charge in [0.15, 0.2) is 0 Å². The Morgan fingerprint density at radius 3 is 1.35 bits per heavy atom. The molecule has 3 aliphatic rings. The molecule has 15 radical (unpaired) electrons. The van der Waals surface area contributed by atoms with Crippen molar-refractivity contribution in [3.63, 3.8) is 0 Å². The molecule has 0 atom stereocenters. The molecule has 0 aromatic carbocycles. The van der Waals surface area contributed by atoms with E-state index in [1.165, 1.54) is 26.2 Å². The predicted octanol–water partition coefficient (Wildman–Crippen LogP) is 4.58. The van der Waals surface area contributed by atoms with Crippen LogP contribution in [-0.4, -0.2) is 12.1 Å². The fourth-order valence-corrected chi connectivity index (χ4v) is 1.62. The SMILES string of the molecule is CC(=O)CC=O.[CH]1[CH]CCC[CH][CH]C1.[CH]1[CH][CH][CH][CH]1.[CH]1[CH][CH][CH][CH]1.[Fe+2].[Rh+2]. The van der Waals surface area contributed by atoms with E-state index in [1.807, 2.05) is 64.2 Å². The molecule has 0 unspecified atom stereocenters. The van der Waals surface area contributed by atoms with Gasteiger partial charge in [0.25, 0.3) is 0 Å². The minimum atomic E-state index is -0.0787. The van der Waals surface area contributed by atoms with Gasteiger partial charge in [-0.1, -0.05) is 6.42 Å². The van der Waals surface area contributed by atoms with E-state index < -0.39 is 0 Å². The van der Waals surface area contributed by atoms with Crippen molar-refractivity contribution in [2.24, 2.45) is 0 Å². The van der Waals surface area contributed by atoms with Crippen molar-refractivity contribution in [3.8, 4) is 0 Å². The van der Waals surface area contributed by atoms with Crippen LogP contribution < -0.4 is 0 Å². The summed E-state index contributed by atoms with van der Waals surface area (Å²) in [5.74, 6) is -0.0787. The average molecular weight is 483 g/mol. The summed E-state index contributed by atoms with van der Waals surface area (Å²) < 4.78 is 0. The molecule has 0 N–H and O–H groups in total. The molecule has 4 heteroatoms. The number of ketones is 1. The van der Waals surface area contributed by atoms with E-state index in [-0.39, 0.29) is 48.8 Å². The van der Waals surface area contributed by atoms with E-state index in [0.29, 0.717) is 6.29 Å². The molecular formula is C22H28FeO2Rh+4. The second kappa shape index (κ2) is 27.7. The minimum Gasteiger partial charge on any atom is -0.303 e. The molecule has 3 fully saturated rings. The van der Waals surface area contributed by atoms with E-state index in [2.05, 4.69) is 25.7 Å². The molecule has 2 nitrogen and oxygen atoms in total. The molecule has 0 spiro atoms. The smallest absolute Gasteiger partial charge is 0.303 e. The molecule has 3 aliphatic carbocycles. The molecule has 141 valence electrons. The normalized spacial score (nSPS) is 18.3. The van der Waals surface area contributed by atoms with E-state index >= 15 is 0 Å². The first-order valence-corrected chi connectivity index (χ1v) is 8.33. The summed E-state index contributed by atoms with van der Waals surface area (Å²) >= 11 is 0. The topological polar surface area (TPSA) is 34.1 Å². The first-order valence-electron chi connectivity index (χ1n) is 8.33. The number of carbonyl (C=O) groups excluding carboxylic acids is 2. The first-order chi connectivity index (χ1) is 11.8. The maximum absolute atomic E-state index is 9.81. The van der Waals surface area contributed by atoms with Crippen LogP contribution in [0.3, 0.4) is 0 Å². The van der Waals surface area contributed by atoms with Crippen LogP contribution in [0.4, 0.5) is 0 Å². The third kappa shape index (κ3) is 29.3. The van der Waals surface area contributed by atoms with Gasteiger partial charge in [-0.2, -0.15) is 0 Å². The van der Waals surface area contributed by atoms with Crippen molar-refractivity contribution in [1.82, 2.24) is 0 Å². The molecule has 3 saturated carbocycles. The summed E-state index contributed by atoms with van der Waals surface area (Å²) in [6.45, 7) is 1.38. The van der Waals surface area contributed by atoms with Gasteiger partial charge in [0.1, 0.15) is 12.1 Å². The van der Waals surface area contributed by atoms with Gasteiger partial charge in [-0.25, -0.2) is 0 Å². The molecule has 26 heavy (non-hydrogen) atoms. The second-order valence-corrected chi connectivity index (χ2v) is 5.11. The van der Waals surface area contributed by atoms with Crippen molar-refractivity contribution in [3.05, 3.63) is 89.9 Å². The Morgan fingerprint density at radius 2 is 1.12 bits per heavy atom. The van der Waals surface area contributed by atoms with Gasteiger partial charge >= 0.3 is 36.5 Å². The van der Waals surface area contributed by atoms with Crippen molar-refractivity contribution in [2.45, 2.75) is 39.0 Å². The maximum Gasteiger partial charge on any atom is 2.00 e. The molecule has 0 saturated heterocycles. The quantitative estimate of drug-likeness (QED) is 0.328. The summed E-state index contributed by atoms with van der Waals surface area (Å²) in [5.41, 5.74) is 0. The molecule has 0 aromatic heterocycles. The predicted molar refractivity (Wildman–Crippen MR) is 100 cm³/mol. The fourth-order valence-electron chi connectivity index (χ4n) is 1.62. The van der Waals surface area contributed by atoms with E-state index in [4.69, 9.17) is 0 Å². The Bertz CT molecular complexity index is 228. The zero-order valence-corrected chi connectivity index (χ0v) is 17.9. The first kappa shape index (κ1) is 31.2. The van der Waals surface area contributed by atoms with Gasteiger partial charge in [-0.15, -0.1) is 0 Å². The zero-order chi connectivity index (χ0) is 17.7. The summed E-state index contributed by atoms with van der Waals surface area (Å²) in [5, 5.41) is 0. The summed E-state index contributed by atoms with van der Waals surface area (Å²) in [4.78, 5) is 19.2. The number of Topliss-reactive ketones (excluding diaryl/α,β-unsaturated/α-hetero) is 1. The number of hydrogen-bond acceptors (Lipinski definition) is 2. The average Bonchev–Trinajstić information content (AvgIpc) is 3.27. The van der Waals surface area contributed by atoms with Crippen LogP contribution in [0.2, 0.25) is 0 Å². The third-order valence-electron chi connectivity index (χ3n) is 2.83. The summed E-state index contributed by atoms with van der Waals surface area (Å²) in [6.07, 6.45) is 34.7. The van der Waals surface area contributed by atoms with E-state index in [0.717, 1.165) is 6.42 Å². The zero-order valence-electron chi connectivity index (χ0n) is 15.2. The Balaban J connectivity index is -0.000000269. The Kier molecular flexibility index (Phi) is 33.2. The molecule has 0 heterocycles. The standard InChI is InChI=1S/C8H12.2C5H5.C4H6O2.Fe.Rh/c1-2-4-6-8-7-5-3-1;2*1-2-4-5-3-1;1-4(6)2-3-5;;/h1-2,5,7H,3-4,6,8H2;2*1-5H;3H,2H2,1H3;;/q;;;;2*+2. The molecule has 3 rings (SSSR count). The number of aldehydes is 1. The van der Waals surface area contributed by atoms with Crippen LogP contribution in [0.15, 0.2) is 0 Å². The van der Waals surface area contributed by atoms with Crippen LogP contribution in [0.1, 0.15) is 39.0 Å². The van der Waals surface area contributed by atoms with Gasteiger partial charge in [0.2, 0.25) is 0 Å². The van der Waals surface area contributed by atoms with Crippen LogP contribution in [0.5, 0.6) is 0 Å². The van der Waals surface area contributed by atoms with Gasteiger partial charge in [0.05, 0.1) is 6.42 Å². The molecule has 0 aromatic rings. The van der Waals surface area contributed by atoms with E-state index in [9.17, 15) is 9.59 Å². The number of rotatable bonds is 2. The van der Waals surface area contributed by atoms with Gasteiger partial charge < -0.3 is 4.79 Å². The minimum absolute atomic E-state index is 0. The van der Waals surface area contributed by atoms with Gasteiger partial charge in [0, 0.05) is 0 Å². The molecule has 0 bridgehead atoms. The Hall–Kier alpha value is 0.483. The van der Waals surface area contributed by atoms with Crippen LogP contribution in [0, 0.1) is 89.9 Å².